The zero-order chi connectivity index (χ0) is 22.7. The van der Waals surface area contributed by atoms with Crippen molar-refractivity contribution in [1.29, 1.82) is 0 Å². The van der Waals surface area contributed by atoms with Crippen molar-refractivity contribution in [3.05, 3.63) is 102 Å². The monoisotopic (exact) mass is 441 g/mol. The number of ether oxygens (including phenoxy) is 2. The van der Waals surface area contributed by atoms with Crippen LogP contribution in [0.4, 0.5) is 0 Å². The lowest BCUT2D eigenvalue weighted by Crippen LogP contribution is -2.52. The Hall–Kier alpha value is -3.11. The van der Waals surface area contributed by atoms with Crippen LogP contribution in [0.25, 0.3) is 0 Å². The Morgan fingerprint density at radius 1 is 0.879 bits per heavy atom. The van der Waals surface area contributed by atoms with E-state index in [1.165, 1.54) is 0 Å². The van der Waals surface area contributed by atoms with Crippen LogP contribution in [0.3, 0.4) is 0 Å². The van der Waals surface area contributed by atoms with E-state index in [1.807, 2.05) is 71.6 Å². The molecule has 1 spiro atoms. The molecule has 4 nitrogen and oxygen atoms in total. The van der Waals surface area contributed by atoms with Crippen molar-refractivity contribution in [3.63, 3.8) is 0 Å². The number of likely N-dealkylation sites (tertiary alicyclic amines) is 1. The van der Waals surface area contributed by atoms with Crippen LogP contribution in [0.5, 0.6) is 5.75 Å². The van der Waals surface area contributed by atoms with Gasteiger partial charge < -0.3 is 14.4 Å². The second-order valence-electron chi connectivity index (χ2n) is 9.40. The molecule has 4 heteroatoms. The molecule has 5 rings (SSSR count). The first-order valence-corrected chi connectivity index (χ1v) is 11.9. The van der Waals surface area contributed by atoms with Crippen LogP contribution < -0.4 is 4.74 Å². The molecule has 1 atom stereocenters. The van der Waals surface area contributed by atoms with Crippen molar-refractivity contribution in [1.82, 2.24) is 4.90 Å². The van der Waals surface area contributed by atoms with E-state index >= 15 is 0 Å². The number of para-hydroxylation sites is 1. The summed E-state index contributed by atoms with van der Waals surface area (Å²) in [6.45, 7) is 4.06. The molecule has 2 fully saturated rings. The van der Waals surface area contributed by atoms with Gasteiger partial charge in [-0.05, 0) is 43.0 Å². The molecular formula is C29H31NO3. The van der Waals surface area contributed by atoms with Gasteiger partial charge in [-0.2, -0.15) is 0 Å². The first-order valence-electron chi connectivity index (χ1n) is 11.9. The van der Waals surface area contributed by atoms with Crippen molar-refractivity contribution in [2.24, 2.45) is 0 Å². The molecule has 3 aromatic carbocycles. The minimum atomic E-state index is -0.720. The van der Waals surface area contributed by atoms with E-state index in [9.17, 15) is 4.79 Å². The van der Waals surface area contributed by atoms with Gasteiger partial charge in [0, 0.05) is 19.5 Å². The van der Waals surface area contributed by atoms with Crippen LogP contribution in [-0.2, 0) is 14.9 Å². The number of carbonyl (C=O) groups is 1. The van der Waals surface area contributed by atoms with Gasteiger partial charge in [0.25, 0.3) is 0 Å². The standard InChI is InChI=1S/C29H31NO3/c1-28(23-11-5-2-6-12-23,24-13-7-3-8-14-24)27(31)30-19-17-29(18-20-30)21-26(22-32-29)33-25-15-9-4-10-16-25/h2-16,26H,17-22H2,1H3. The fraction of sp³-hybridized carbons (Fsp3) is 0.345. The maximum absolute atomic E-state index is 14.0. The van der Waals surface area contributed by atoms with Gasteiger partial charge in [-0.25, -0.2) is 0 Å². The third-order valence-corrected chi connectivity index (χ3v) is 7.31. The lowest BCUT2D eigenvalue weighted by Gasteiger charge is -2.42. The molecule has 2 aliphatic rings. The Morgan fingerprint density at radius 3 is 1.94 bits per heavy atom. The van der Waals surface area contributed by atoms with Gasteiger partial charge in [0.2, 0.25) is 5.91 Å². The van der Waals surface area contributed by atoms with E-state index in [2.05, 4.69) is 31.2 Å². The van der Waals surface area contributed by atoms with Crippen LogP contribution in [0, 0.1) is 0 Å². The van der Waals surface area contributed by atoms with E-state index in [0.29, 0.717) is 19.7 Å². The summed E-state index contributed by atoms with van der Waals surface area (Å²) in [6.07, 6.45) is 2.62. The molecular weight excluding hydrogens is 410 g/mol. The fourth-order valence-electron chi connectivity index (χ4n) is 5.31. The Balaban J connectivity index is 1.29. The van der Waals surface area contributed by atoms with Gasteiger partial charge in [0.15, 0.2) is 0 Å². The summed E-state index contributed by atoms with van der Waals surface area (Å²) in [6, 6.07) is 30.2. The van der Waals surface area contributed by atoms with Crippen LogP contribution in [0.1, 0.15) is 37.3 Å². The minimum absolute atomic E-state index is 0.0635. The zero-order valence-corrected chi connectivity index (χ0v) is 19.2. The molecule has 0 radical (unpaired) electrons. The van der Waals surface area contributed by atoms with Gasteiger partial charge in [0.05, 0.1) is 17.6 Å². The Morgan fingerprint density at radius 2 is 1.39 bits per heavy atom. The second kappa shape index (κ2) is 9.03. The normalized spacial score (nSPS) is 20.0. The zero-order valence-electron chi connectivity index (χ0n) is 19.2. The van der Waals surface area contributed by atoms with Crippen LogP contribution >= 0.6 is 0 Å². The van der Waals surface area contributed by atoms with E-state index in [-0.39, 0.29) is 17.6 Å². The molecule has 1 unspecified atom stereocenters. The number of amides is 1. The molecule has 33 heavy (non-hydrogen) atoms. The Bertz CT molecular complexity index is 1020. The first-order chi connectivity index (χ1) is 16.1. The Labute approximate surface area is 196 Å². The maximum Gasteiger partial charge on any atom is 0.237 e. The first kappa shape index (κ1) is 21.7. The molecule has 0 N–H and O–H groups in total. The van der Waals surface area contributed by atoms with Crippen LogP contribution in [0.15, 0.2) is 91.0 Å². The summed E-state index contributed by atoms with van der Waals surface area (Å²) in [7, 11) is 0. The lowest BCUT2D eigenvalue weighted by atomic mass is 9.74. The van der Waals surface area contributed by atoms with E-state index < -0.39 is 5.41 Å². The molecule has 170 valence electrons. The fourth-order valence-corrected chi connectivity index (χ4v) is 5.31. The van der Waals surface area contributed by atoms with Crippen LogP contribution in [0.2, 0.25) is 0 Å². The quantitative estimate of drug-likeness (QED) is 0.545. The summed E-state index contributed by atoms with van der Waals surface area (Å²) in [5.41, 5.74) is 1.14. The SMILES string of the molecule is CC(C(=O)N1CCC2(CC1)CC(Oc1ccccc1)CO2)(c1ccccc1)c1ccccc1. The average molecular weight is 442 g/mol. The highest BCUT2D eigenvalue weighted by molar-refractivity contribution is 5.91. The Kier molecular flexibility index (Phi) is 5.94. The number of rotatable bonds is 5. The number of hydrogen-bond acceptors (Lipinski definition) is 3. The molecule has 2 saturated heterocycles. The lowest BCUT2D eigenvalue weighted by molar-refractivity contribution is -0.140. The van der Waals surface area contributed by atoms with Crippen molar-refractivity contribution in [2.45, 2.75) is 43.3 Å². The van der Waals surface area contributed by atoms with Crippen LogP contribution in [-0.4, -0.2) is 42.2 Å². The van der Waals surface area contributed by atoms with Crippen molar-refractivity contribution >= 4 is 5.91 Å². The molecule has 0 aliphatic carbocycles. The summed E-state index contributed by atoms with van der Waals surface area (Å²) in [5.74, 6) is 1.04. The highest BCUT2D eigenvalue weighted by atomic mass is 16.6. The van der Waals surface area contributed by atoms with Crippen molar-refractivity contribution in [2.75, 3.05) is 19.7 Å². The van der Waals surface area contributed by atoms with Gasteiger partial charge >= 0.3 is 0 Å². The number of piperidine rings is 1. The average Bonchev–Trinajstić information content (AvgIpc) is 3.27. The minimum Gasteiger partial charge on any atom is -0.488 e. The molecule has 0 saturated carbocycles. The molecule has 0 aromatic heterocycles. The molecule has 3 aromatic rings. The van der Waals surface area contributed by atoms with Gasteiger partial charge in [-0.3, -0.25) is 4.79 Å². The summed E-state index contributed by atoms with van der Waals surface area (Å²) in [4.78, 5) is 16.0. The number of benzene rings is 3. The summed E-state index contributed by atoms with van der Waals surface area (Å²) < 4.78 is 12.4. The highest BCUT2D eigenvalue weighted by Gasteiger charge is 2.47. The van der Waals surface area contributed by atoms with Gasteiger partial charge in [-0.15, -0.1) is 0 Å². The topological polar surface area (TPSA) is 38.8 Å². The van der Waals surface area contributed by atoms with Crippen molar-refractivity contribution in [3.8, 4) is 5.75 Å². The summed E-state index contributed by atoms with van der Waals surface area (Å²) in [5, 5.41) is 0. The number of hydrogen-bond donors (Lipinski definition) is 0. The van der Waals surface area contributed by atoms with Gasteiger partial charge in [0.1, 0.15) is 11.9 Å². The number of carbonyl (C=O) groups excluding carboxylic acids is 1. The van der Waals surface area contributed by atoms with E-state index in [0.717, 1.165) is 36.1 Å². The van der Waals surface area contributed by atoms with Gasteiger partial charge in [-0.1, -0.05) is 78.9 Å². The molecule has 2 aliphatic heterocycles. The second-order valence-corrected chi connectivity index (χ2v) is 9.40. The smallest absolute Gasteiger partial charge is 0.237 e. The molecule has 0 bridgehead atoms. The predicted octanol–water partition coefficient (Wildman–Crippen LogP) is 5.22. The molecule has 2 heterocycles. The number of nitrogens with zero attached hydrogens (tertiary/aromatic N) is 1. The summed E-state index contributed by atoms with van der Waals surface area (Å²) >= 11 is 0. The predicted molar refractivity (Wildman–Crippen MR) is 129 cm³/mol. The maximum atomic E-state index is 14.0. The third kappa shape index (κ3) is 4.28. The van der Waals surface area contributed by atoms with E-state index in [4.69, 9.17) is 9.47 Å². The largest absolute Gasteiger partial charge is 0.488 e. The highest BCUT2D eigenvalue weighted by Crippen LogP contribution is 2.40. The van der Waals surface area contributed by atoms with E-state index in [1.54, 1.807) is 0 Å². The van der Waals surface area contributed by atoms with Crippen molar-refractivity contribution < 1.29 is 14.3 Å². The molecule has 1 amide bonds. The third-order valence-electron chi connectivity index (χ3n) is 7.31.